The maximum atomic E-state index is 12.6. The highest BCUT2D eigenvalue weighted by Crippen LogP contribution is 2.28. The Morgan fingerprint density at radius 1 is 0.906 bits per heavy atom. The van der Waals surface area contributed by atoms with E-state index in [2.05, 4.69) is 16.0 Å². The van der Waals surface area contributed by atoms with E-state index in [1.54, 1.807) is 49.6 Å². The molecule has 166 valence electrons. The third-order valence-corrected chi connectivity index (χ3v) is 4.91. The van der Waals surface area contributed by atoms with E-state index in [-0.39, 0.29) is 24.4 Å². The number of carbonyl (C=O) groups excluding carboxylic acids is 2. The number of hydrogen-bond acceptors (Lipinski definition) is 5. The molecule has 0 spiro atoms. The molecule has 7 nitrogen and oxygen atoms in total. The van der Waals surface area contributed by atoms with Gasteiger partial charge in [-0.15, -0.1) is 0 Å². The van der Waals surface area contributed by atoms with Crippen molar-refractivity contribution in [2.24, 2.45) is 0 Å². The van der Waals surface area contributed by atoms with Crippen LogP contribution < -0.4 is 25.4 Å². The van der Waals surface area contributed by atoms with E-state index in [0.717, 1.165) is 5.56 Å². The molecule has 0 aromatic heterocycles. The summed E-state index contributed by atoms with van der Waals surface area (Å²) in [5, 5.41) is 8.84. The summed E-state index contributed by atoms with van der Waals surface area (Å²) in [7, 11) is 3.09. The van der Waals surface area contributed by atoms with Gasteiger partial charge in [0, 0.05) is 17.3 Å². The Kier molecular flexibility index (Phi) is 7.70. The van der Waals surface area contributed by atoms with Crippen LogP contribution >= 0.6 is 0 Å². The van der Waals surface area contributed by atoms with Gasteiger partial charge in [0.2, 0.25) is 5.91 Å². The summed E-state index contributed by atoms with van der Waals surface area (Å²) in [4.78, 5) is 25.1. The van der Waals surface area contributed by atoms with Crippen LogP contribution in [0.25, 0.3) is 0 Å². The van der Waals surface area contributed by atoms with Gasteiger partial charge in [-0.1, -0.05) is 36.4 Å². The van der Waals surface area contributed by atoms with Crippen molar-refractivity contribution in [1.29, 1.82) is 0 Å². The lowest BCUT2D eigenvalue weighted by Crippen LogP contribution is -2.27. The zero-order chi connectivity index (χ0) is 22.9. The molecule has 2 amide bonds. The van der Waals surface area contributed by atoms with Gasteiger partial charge in [-0.25, -0.2) is 0 Å². The summed E-state index contributed by atoms with van der Waals surface area (Å²) in [6, 6.07) is 21.8. The topological polar surface area (TPSA) is 88.7 Å². The van der Waals surface area contributed by atoms with E-state index in [1.165, 1.54) is 7.11 Å². The van der Waals surface area contributed by atoms with E-state index in [4.69, 9.17) is 9.47 Å². The molecule has 7 heteroatoms. The van der Waals surface area contributed by atoms with Crippen LogP contribution in [0.15, 0.2) is 72.8 Å². The van der Waals surface area contributed by atoms with Gasteiger partial charge in [0.05, 0.1) is 32.5 Å². The summed E-state index contributed by atoms with van der Waals surface area (Å²) < 4.78 is 10.5. The third-order valence-electron chi connectivity index (χ3n) is 4.91. The first kappa shape index (κ1) is 22.7. The van der Waals surface area contributed by atoms with Crippen molar-refractivity contribution in [2.75, 3.05) is 31.4 Å². The zero-order valence-corrected chi connectivity index (χ0v) is 18.3. The average Bonchev–Trinajstić information content (AvgIpc) is 2.83. The van der Waals surface area contributed by atoms with Crippen molar-refractivity contribution < 1.29 is 19.1 Å². The number of benzene rings is 3. The molecule has 0 saturated heterocycles. The van der Waals surface area contributed by atoms with E-state index >= 15 is 0 Å². The molecule has 1 unspecified atom stereocenters. The number of anilines is 2. The first-order valence-electron chi connectivity index (χ1n) is 10.2. The Hall–Kier alpha value is -4.00. The Labute approximate surface area is 187 Å². The van der Waals surface area contributed by atoms with Crippen LogP contribution in [-0.4, -0.2) is 32.6 Å². The van der Waals surface area contributed by atoms with E-state index < -0.39 is 0 Å². The van der Waals surface area contributed by atoms with Crippen molar-refractivity contribution in [3.8, 4) is 11.5 Å². The molecule has 1 atom stereocenters. The van der Waals surface area contributed by atoms with Crippen LogP contribution in [0.3, 0.4) is 0 Å². The summed E-state index contributed by atoms with van der Waals surface area (Å²) in [5.74, 6) is 0.697. The Morgan fingerprint density at radius 3 is 2.41 bits per heavy atom. The molecule has 3 aromatic carbocycles. The third kappa shape index (κ3) is 6.01. The first-order chi connectivity index (χ1) is 15.5. The molecule has 0 bridgehead atoms. The minimum absolute atomic E-state index is 0.0197. The Balaban J connectivity index is 1.59. The normalized spacial score (nSPS) is 11.2. The molecule has 0 fully saturated rings. The SMILES string of the molecule is COc1ccc(OC)c(NC(=O)CNc2cccc(C(=O)NC(C)c3ccccc3)c2)c1. The first-order valence-corrected chi connectivity index (χ1v) is 10.2. The molecule has 3 aromatic rings. The minimum Gasteiger partial charge on any atom is -0.497 e. The van der Waals surface area contributed by atoms with Gasteiger partial charge in [0.25, 0.3) is 5.91 Å². The Bertz CT molecular complexity index is 1070. The standard InChI is InChI=1S/C25H27N3O4/c1-17(18-8-5-4-6-9-18)27-25(30)19-10-7-11-20(14-19)26-16-24(29)28-22-15-21(31-2)12-13-23(22)32-3/h4-15,17,26H,16H2,1-3H3,(H,27,30)(H,28,29). The molecule has 0 aliphatic rings. The lowest BCUT2D eigenvalue weighted by Gasteiger charge is -2.15. The number of carbonyl (C=O) groups is 2. The van der Waals surface area contributed by atoms with Crippen molar-refractivity contribution in [3.63, 3.8) is 0 Å². The molecule has 0 saturated carbocycles. The summed E-state index contributed by atoms with van der Waals surface area (Å²) in [5.41, 5.74) is 2.71. The van der Waals surface area contributed by atoms with Crippen molar-refractivity contribution in [1.82, 2.24) is 5.32 Å². The number of hydrogen-bond donors (Lipinski definition) is 3. The predicted octanol–water partition coefficient (Wildman–Crippen LogP) is 4.25. The maximum Gasteiger partial charge on any atom is 0.251 e. The quantitative estimate of drug-likeness (QED) is 0.470. The molecule has 0 heterocycles. The molecule has 0 radical (unpaired) electrons. The Morgan fingerprint density at radius 2 is 1.69 bits per heavy atom. The van der Waals surface area contributed by atoms with Gasteiger partial charge < -0.3 is 25.4 Å². The van der Waals surface area contributed by atoms with Gasteiger partial charge in [0.15, 0.2) is 0 Å². The van der Waals surface area contributed by atoms with Crippen molar-refractivity contribution in [3.05, 3.63) is 83.9 Å². The largest absolute Gasteiger partial charge is 0.497 e. The predicted molar refractivity (Wildman–Crippen MR) is 125 cm³/mol. The van der Waals surface area contributed by atoms with Crippen LogP contribution in [0.2, 0.25) is 0 Å². The van der Waals surface area contributed by atoms with Gasteiger partial charge in [-0.3, -0.25) is 9.59 Å². The zero-order valence-electron chi connectivity index (χ0n) is 18.3. The fraction of sp³-hybridized carbons (Fsp3) is 0.200. The van der Waals surface area contributed by atoms with Gasteiger partial charge in [0.1, 0.15) is 11.5 Å². The highest BCUT2D eigenvalue weighted by Gasteiger charge is 2.13. The molecular formula is C25H27N3O4. The fourth-order valence-corrected chi connectivity index (χ4v) is 3.16. The van der Waals surface area contributed by atoms with Crippen LogP contribution in [0, 0.1) is 0 Å². The monoisotopic (exact) mass is 433 g/mol. The lowest BCUT2D eigenvalue weighted by molar-refractivity contribution is -0.114. The van der Waals surface area contributed by atoms with Crippen LogP contribution in [0.4, 0.5) is 11.4 Å². The molecule has 3 N–H and O–H groups in total. The van der Waals surface area contributed by atoms with E-state index in [1.807, 2.05) is 37.3 Å². The molecule has 3 rings (SSSR count). The second-order valence-corrected chi connectivity index (χ2v) is 7.15. The summed E-state index contributed by atoms with van der Waals surface area (Å²) >= 11 is 0. The highest BCUT2D eigenvalue weighted by molar-refractivity contribution is 5.97. The lowest BCUT2D eigenvalue weighted by atomic mass is 10.1. The number of ether oxygens (including phenoxy) is 2. The number of nitrogens with one attached hydrogen (secondary N) is 3. The summed E-state index contributed by atoms with van der Waals surface area (Å²) in [6.45, 7) is 1.96. The second kappa shape index (κ2) is 10.9. The molecule has 32 heavy (non-hydrogen) atoms. The number of amides is 2. The number of rotatable bonds is 9. The average molecular weight is 434 g/mol. The summed E-state index contributed by atoms with van der Waals surface area (Å²) in [6.07, 6.45) is 0. The van der Waals surface area contributed by atoms with Crippen LogP contribution in [-0.2, 0) is 4.79 Å². The molecule has 0 aliphatic carbocycles. The smallest absolute Gasteiger partial charge is 0.251 e. The van der Waals surface area contributed by atoms with E-state index in [9.17, 15) is 9.59 Å². The van der Waals surface area contributed by atoms with E-state index in [0.29, 0.717) is 28.4 Å². The minimum atomic E-state index is -0.260. The molecule has 0 aliphatic heterocycles. The highest BCUT2D eigenvalue weighted by atomic mass is 16.5. The van der Waals surface area contributed by atoms with Gasteiger partial charge >= 0.3 is 0 Å². The molecular weight excluding hydrogens is 406 g/mol. The van der Waals surface area contributed by atoms with Crippen LogP contribution in [0.5, 0.6) is 11.5 Å². The maximum absolute atomic E-state index is 12.6. The van der Waals surface area contributed by atoms with Crippen LogP contribution in [0.1, 0.15) is 28.9 Å². The van der Waals surface area contributed by atoms with Gasteiger partial charge in [-0.05, 0) is 42.8 Å². The van der Waals surface area contributed by atoms with Crippen molar-refractivity contribution in [2.45, 2.75) is 13.0 Å². The second-order valence-electron chi connectivity index (χ2n) is 7.15. The number of methoxy groups -OCH3 is 2. The van der Waals surface area contributed by atoms with Gasteiger partial charge in [-0.2, -0.15) is 0 Å². The van der Waals surface area contributed by atoms with Crippen molar-refractivity contribution >= 4 is 23.2 Å². The fourth-order valence-electron chi connectivity index (χ4n) is 3.16.